The number of aryl methyl sites for hydroxylation is 1. The van der Waals surface area contributed by atoms with Crippen LogP contribution in [-0.4, -0.2) is 16.5 Å². The summed E-state index contributed by atoms with van der Waals surface area (Å²) in [4.78, 5) is 13.3. The highest BCUT2D eigenvalue weighted by Gasteiger charge is 2.16. The molecule has 3 rings (SSSR count). The van der Waals surface area contributed by atoms with Crippen LogP contribution in [0.4, 0.5) is 0 Å². The van der Waals surface area contributed by atoms with Gasteiger partial charge in [-0.05, 0) is 48.9 Å². The molecule has 1 atom stereocenters. The van der Waals surface area contributed by atoms with Crippen molar-refractivity contribution in [3.8, 4) is 5.69 Å². The van der Waals surface area contributed by atoms with E-state index >= 15 is 0 Å². The normalized spacial score (nSPS) is 12.0. The zero-order valence-electron chi connectivity index (χ0n) is 13.1. The van der Waals surface area contributed by atoms with E-state index in [0.717, 1.165) is 23.4 Å². The van der Waals surface area contributed by atoms with Crippen LogP contribution >= 0.6 is 11.3 Å². The van der Waals surface area contributed by atoms with E-state index in [1.165, 1.54) is 16.9 Å². The molecule has 2 heterocycles. The summed E-state index contributed by atoms with van der Waals surface area (Å²) >= 11 is 1.48. The molecule has 0 spiro atoms. The maximum Gasteiger partial charge on any atom is 0.263 e. The van der Waals surface area contributed by atoms with Gasteiger partial charge in [0, 0.05) is 18.4 Å². The summed E-state index contributed by atoms with van der Waals surface area (Å²) in [6.45, 7) is 2.06. The van der Waals surface area contributed by atoms with Crippen molar-refractivity contribution >= 4 is 17.2 Å². The van der Waals surface area contributed by atoms with Crippen molar-refractivity contribution < 1.29 is 4.79 Å². The second-order valence-corrected chi connectivity index (χ2v) is 6.54. The number of amides is 1. The maximum absolute atomic E-state index is 12.5. The lowest BCUT2D eigenvalue weighted by molar-refractivity contribution is 0.0942. The molecule has 23 heavy (non-hydrogen) atoms. The van der Waals surface area contributed by atoms with Gasteiger partial charge in [0.05, 0.1) is 5.69 Å². The molecule has 4 heteroatoms. The van der Waals surface area contributed by atoms with Gasteiger partial charge in [-0.1, -0.05) is 30.3 Å². The Bertz CT molecular complexity index is 747. The van der Waals surface area contributed by atoms with E-state index in [2.05, 4.69) is 24.4 Å². The number of aromatic nitrogens is 1. The number of benzene rings is 1. The maximum atomic E-state index is 12.5. The summed E-state index contributed by atoms with van der Waals surface area (Å²) in [6, 6.07) is 16.4. The Morgan fingerprint density at radius 3 is 2.61 bits per heavy atom. The van der Waals surface area contributed by atoms with Gasteiger partial charge in [-0.2, -0.15) is 0 Å². The fourth-order valence-electron chi connectivity index (χ4n) is 2.56. The average Bonchev–Trinajstić information content (AvgIpc) is 3.24. The minimum atomic E-state index is 0.00395. The highest BCUT2D eigenvalue weighted by atomic mass is 32.1. The Hall–Kier alpha value is -2.33. The molecule has 0 radical (unpaired) electrons. The van der Waals surface area contributed by atoms with E-state index in [0.29, 0.717) is 0 Å². The third-order valence-corrected chi connectivity index (χ3v) is 4.72. The van der Waals surface area contributed by atoms with Gasteiger partial charge in [0.2, 0.25) is 0 Å². The second-order valence-electron chi connectivity index (χ2n) is 5.62. The highest BCUT2D eigenvalue weighted by Crippen LogP contribution is 2.21. The van der Waals surface area contributed by atoms with E-state index < -0.39 is 0 Å². The standard InChI is InChI=1S/C19H20N2OS/c1-15(9-10-16-7-3-2-4-8-16)20-19(22)18-17(11-14-23-18)21-12-5-6-13-21/h2-8,11-15H,9-10H2,1H3,(H,20,22)/t15-/m0/s1. The molecule has 1 N–H and O–H groups in total. The Labute approximate surface area is 140 Å². The number of rotatable bonds is 6. The zero-order chi connectivity index (χ0) is 16.1. The molecule has 0 aliphatic carbocycles. The molecule has 3 nitrogen and oxygen atoms in total. The molecule has 0 aliphatic heterocycles. The van der Waals surface area contributed by atoms with Gasteiger partial charge in [-0.15, -0.1) is 11.3 Å². The summed E-state index contributed by atoms with van der Waals surface area (Å²) in [5.74, 6) is 0.00395. The van der Waals surface area contributed by atoms with Crippen molar-refractivity contribution in [3.63, 3.8) is 0 Å². The second kappa shape index (κ2) is 7.29. The molecule has 0 saturated carbocycles. The first-order valence-electron chi connectivity index (χ1n) is 7.79. The number of thiophene rings is 1. The van der Waals surface area contributed by atoms with Crippen molar-refractivity contribution in [1.29, 1.82) is 0 Å². The average molecular weight is 324 g/mol. The van der Waals surface area contributed by atoms with Crippen LogP contribution in [0.15, 0.2) is 66.3 Å². The number of hydrogen-bond donors (Lipinski definition) is 1. The van der Waals surface area contributed by atoms with Gasteiger partial charge in [0.1, 0.15) is 4.88 Å². The predicted molar refractivity (Wildman–Crippen MR) is 95.3 cm³/mol. The number of carbonyl (C=O) groups excluding carboxylic acids is 1. The number of carbonyl (C=O) groups is 1. The Balaban J connectivity index is 1.60. The van der Waals surface area contributed by atoms with E-state index in [9.17, 15) is 4.79 Å². The Morgan fingerprint density at radius 1 is 1.13 bits per heavy atom. The summed E-state index contributed by atoms with van der Waals surface area (Å²) in [5, 5.41) is 5.07. The Kier molecular flexibility index (Phi) is 4.93. The van der Waals surface area contributed by atoms with Gasteiger partial charge in [-0.25, -0.2) is 0 Å². The molecule has 0 aliphatic rings. The number of hydrogen-bond acceptors (Lipinski definition) is 2. The lowest BCUT2D eigenvalue weighted by atomic mass is 10.1. The van der Waals surface area contributed by atoms with Gasteiger partial charge in [0.15, 0.2) is 0 Å². The SMILES string of the molecule is C[C@@H](CCc1ccccc1)NC(=O)c1sccc1-n1cccc1. The van der Waals surface area contributed by atoms with E-state index in [4.69, 9.17) is 0 Å². The van der Waals surface area contributed by atoms with Crippen LogP contribution in [-0.2, 0) is 6.42 Å². The van der Waals surface area contributed by atoms with Crippen LogP contribution in [0.25, 0.3) is 5.69 Å². The fraction of sp³-hybridized carbons (Fsp3) is 0.211. The molecular formula is C19H20N2OS. The van der Waals surface area contributed by atoms with Crippen molar-refractivity contribution in [2.24, 2.45) is 0 Å². The largest absolute Gasteiger partial charge is 0.349 e. The van der Waals surface area contributed by atoms with Gasteiger partial charge < -0.3 is 9.88 Å². The lowest BCUT2D eigenvalue weighted by Crippen LogP contribution is -2.32. The van der Waals surface area contributed by atoms with Crippen LogP contribution in [0.1, 0.15) is 28.6 Å². The first kappa shape index (κ1) is 15.6. The first-order valence-corrected chi connectivity index (χ1v) is 8.67. The van der Waals surface area contributed by atoms with Crippen LogP contribution in [0.2, 0.25) is 0 Å². The quantitative estimate of drug-likeness (QED) is 0.721. The number of nitrogens with zero attached hydrogens (tertiary/aromatic N) is 1. The molecule has 3 aromatic rings. The Morgan fingerprint density at radius 2 is 1.87 bits per heavy atom. The minimum absolute atomic E-state index is 0.00395. The van der Waals surface area contributed by atoms with Crippen molar-refractivity contribution in [2.75, 3.05) is 0 Å². The summed E-state index contributed by atoms with van der Waals surface area (Å²) in [6.07, 6.45) is 5.81. The lowest BCUT2D eigenvalue weighted by Gasteiger charge is -2.14. The van der Waals surface area contributed by atoms with Crippen molar-refractivity contribution in [1.82, 2.24) is 9.88 Å². The molecule has 0 saturated heterocycles. The molecule has 118 valence electrons. The van der Waals surface area contributed by atoms with Gasteiger partial charge in [0.25, 0.3) is 5.91 Å². The third kappa shape index (κ3) is 3.90. The zero-order valence-corrected chi connectivity index (χ0v) is 13.9. The highest BCUT2D eigenvalue weighted by molar-refractivity contribution is 7.12. The van der Waals surface area contributed by atoms with Gasteiger partial charge in [-0.3, -0.25) is 4.79 Å². The monoisotopic (exact) mass is 324 g/mol. The van der Waals surface area contributed by atoms with Crippen molar-refractivity contribution in [3.05, 3.63) is 76.7 Å². The molecule has 0 fully saturated rings. The third-order valence-electron chi connectivity index (χ3n) is 3.82. The molecule has 0 bridgehead atoms. The van der Waals surface area contributed by atoms with E-state index in [1.807, 2.05) is 58.7 Å². The molecule has 1 amide bonds. The minimum Gasteiger partial charge on any atom is -0.349 e. The van der Waals surface area contributed by atoms with Crippen LogP contribution in [0.5, 0.6) is 0 Å². The van der Waals surface area contributed by atoms with Crippen LogP contribution < -0.4 is 5.32 Å². The topological polar surface area (TPSA) is 34.0 Å². The summed E-state index contributed by atoms with van der Waals surface area (Å²) < 4.78 is 1.97. The first-order chi connectivity index (χ1) is 11.2. The van der Waals surface area contributed by atoms with Crippen molar-refractivity contribution in [2.45, 2.75) is 25.8 Å². The van der Waals surface area contributed by atoms with Crippen LogP contribution in [0, 0.1) is 0 Å². The summed E-state index contributed by atoms with van der Waals surface area (Å²) in [7, 11) is 0. The number of nitrogens with one attached hydrogen (secondary N) is 1. The van der Waals surface area contributed by atoms with Crippen LogP contribution in [0.3, 0.4) is 0 Å². The smallest absolute Gasteiger partial charge is 0.263 e. The predicted octanol–water partition coefficient (Wildman–Crippen LogP) is 4.29. The molecule has 2 aromatic heterocycles. The summed E-state index contributed by atoms with van der Waals surface area (Å²) in [5.41, 5.74) is 2.24. The molecule has 0 unspecified atom stereocenters. The van der Waals surface area contributed by atoms with E-state index in [-0.39, 0.29) is 11.9 Å². The van der Waals surface area contributed by atoms with E-state index in [1.54, 1.807) is 0 Å². The molecule has 1 aromatic carbocycles. The molecular weight excluding hydrogens is 304 g/mol. The van der Waals surface area contributed by atoms with Gasteiger partial charge >= 0.3 is 0 Å². The fourth-order valence-corrected chi connectivity index (χ4v) is 3.35.